The molecule has 0 fully saturated rings. The quantitative estimate of drug-likeness (QED) is 0.791. The highest BCUT2D eigenvalue weighted by atomic mass is 19.1. The monoisotopic (exact) mass is 268 g/mol. The Hall–Kier alpha value is -1.46. The van der Waals surface area contributed by atoms with E-state index in [0.717, 1.165) is 12.0 Å². The molecule has 106 valence electrons. The molecule has 0 spiro atoms. The molecule has 0 radical (unpaired) electrons. The van der Waals surface area contributed by atoms with Crippen LogP contribution in [0.15, 0.2) is 18.2 Å². The molecule has 3 N–H and O–H groups in total. The van der Waals surface area contributed by atoms with E-state index < -0.39 is 6.04 Å². The Morgan fingerprint density at radius 2 is 2.26 bits per heavy atom. The second-order valence-electron chi connectivity index (χ2n) is 4.47. The van der Waals surface area contributed by atoms with Gasteiger partial charge in [-0.25, -0.2) is 4.39 Å². The number of methoxy groups -OCH3 is 1. The van der Waals surface area contributed by atoms with Crippen molar-refractivity contribution in [3.8, 4) is 0 Å². The molecular weight excluding hydrogens is 247 g/mol. The predicted molar refractivity (Wildman–Crippen MR) is 71.8 cm³/mol. The first-order valence-corrected chi connectivity index (χ1v) is 6.38. The number of amides is 1. The number of hydrogen-bond acceptors (Lipinski definition) is 3. The summed E-state index contributed by atoms with van der Waals surface area (Å²) in [5, 5.41) is 2.75. The lowest BCUT2D eigenvalue weighted by molar-refractivity contribution is -0.122. The smallest absolute Gasteiger partial charge is 0.237 e. The fourth-order valence-corrected chi connectivity index (χ4v) is 1.77. The lowest BCUT2D eigenvalue weighted by Gasteiger charge is -2.12. The number of halogens is 1. The van der Waals surface area contributed by atoms with Crippen LogP contribution < -0.4 is 11.1 Å². The Balaban J connectivity index is 2.58. The third kappa shape index (κ3) is 4.96. The lowest BCUT2D eigenvalue weighted by Crippen LogP contribution is -2.40. The second-order valence-corrected chi connectivity index (χ2v) is 4.47. The molecule has 1 unspecified atom stereocenters. The zero-order valence-electron chi connectivity index (χ0n) is 11.4. The number of carbonyl (C=O) groups is 1. The van der Waals surface area contributed by atoms with Crippen molar-refractivity contribution in [3.05, 3.63) is 35.1 Å². The fourth-order valence-electron chi connectivity index (χ4n) is 1.77. The molecule has 0 saturated heterocycles. The summed E-state index contributed by atoms with van der Waals surface area (Å²) in [6.45, 7) is 2.53. The summed E-state index contributed by atoms with van der Waals surface area (Å²) in [4.78, 5) is 11.6. The largest absolute Gasteiger partial charge is 0.380 e. The van der Waals surface area contributed by atoms with Crippen LogP contribution in [-0.4, -0.2) is 19.1 Å². The third-order valence-electron chi connectivity index (χ3n) is 2.81. The molecule has 1 rings (SSSR count). The van der Waals surface area contributed by atoms with Crippen LogP contribution in [-0.2, 0) is 22.7 Å². The van der Waals surface area contributed by atoms with E-state index in [9.17, 15) is 9.18 Å². The highest BCUT2D eigenvalue weighted by Crippen LogP contribution is 2.11. The molecular formula is C14H21FN2O2. The Bertz CT molecular complexity index is 424. The van der Waals surface area contributed by atoms with Crippen LogP contribution in [0.1, 0.15) is 30.9 Å². The zero-order valence-corrected chi connectivity index (χ0v) is 11.4. The van der Waals surface area contributed by atoms with Crippen molar-refractivity contribution in [3.63, 3.8) is 0 Å². The van der Waals surface area contributed by atoms with E-state index in [1.54, 1.807) is 12.1 Å². The van der Waals surface area contributed by atoms with E-state index in [2.05, 4.69) is 5.32 Å². The van der Waals surface area contributed by atoms with Gasteiger partial charge in [0.1, 0.15) is 5.82 Å². The molecule has 0 heterocycles. The maximum absolute atomic E-state index is 13.4. The van der Waals surface area contributed by atoms with Gasteiger partial charge in [0.25, 0.3) is 0 Å². The topological polar surface area (TPSA) is 64.4 Å². The Kier molecular flexibility index (Phi) is 6.45. The molecule has 19 heavy (non-hydrogen) atoms. The van der Waals surface area contributed by atoms with Gasteiger partial charge in [-0.2, -0.15) is 0 Å². The molecule has 1 amide bonds. The summed E-state index contributed by atoms with van der Waals surface area (Å²) in [6.07, 6.45) is 1.52. The van der Waals surface area contributed by atoms with Gasteiger partial charge in [-0.1, -0.05) is 19.4 Å². The maximum atomic E-state index is 13.4. The molecule has 1 atom stereocenters. The minimum atomic E-state index is -0.483. The highest BCUT2D eigenvalue weighted by Gasteiger charge is 2.11. The average Bonchev–Trinajstić information content (AvgIpc) is 2.39. The zero-order chi connectivity index (χ0) is 14.3. The first-order chi connectivity index (χ1) is 9.08. The summed E-state index contributed by atoms with van der Waals surface area (Å²) < 4.78 is 18.3. The van der Waals surface area contributed by atoms with Crippen LogP contribution in [0, 0.1) is 5.82 Å². The molecule has 5 heteroatoms. The van der Waals surface area contributed by atoms with Gasteiger partial charge in [0, 0.05) is 19.2 Å². The van der Waals surface area contributed by atoms with Gasteiger partial charge in [-0.05, 0) is 24.1 Å². The van der Waals surface area contributed by atoms with Crippen LogP contribution in [0.5, 0.6) is 0 Å². The van der Waals surface area contributed by atoms with Gasteiger partial charge in [0.05, 0.1) is 12.6 Å². The average molecular weight is 268 g/mol. The molecule has 1 aromatic carbocycles. The van der Waals surface area contributed by atoms with Gasteiger partial charge >= 0.3 is 0 Å². The molecule has 0 saturated carbocycles. The molecule has 0 aliphatic carbocycles. The first kappa shape index (κ1) is 15.6. The van der Waals surface area contributed by atoms with Crippen LogP contribution >= 0.6 is 0 Å². The molecule has 0 bridgehead atoms. The van der Waals surface area contributed by atoms with E-state index in [0.29, 0.717) is 18.5 Å². The predicted octanol–water partition coefficient (Wildman–Crippen LogP) is 1.72. The van der Waals surface area contributed by atoms with E-state index in [4.69, 9.17) is 10.5 Å². The van der Waals surface area contributed by atoms with Gasteiger partial charge in [0.15, 0.2) is 0 Å². The molecule has 1 aromatic rings. The molecule has 0 aliphatic rings. The van der Waals surface area contributed by atoms with Crippen molar-refractivity contribution >= 4 is 5.91 Å². The number of nitrogens with two attached hydrogens (primary N) is 1. The lowest BCUT2D eigenvalue weighted by atomic mass is 10.1. The van der Waals surface area contributed by atoms with Crippen molar-refractivity contribution in [2.45, 2.75) is 39.0 Å². The summed E-state index contributed by atoms with van der Waals surface area (Å²) in [5.74, 6) is -0.487. The SMILES string of the molecule is CCCC(N)C(=O)NCc1ccc(F)c(COC)c1. The Labute approximate surface area is 113 Å². The summed E-state index contributed by atoms with van der Waals surface area (Å²) in [5.41, 5.74) is 7.00. The van der Waals surface area contributed by atoms with E-state index >= 15 is 0 Å². The number of hydrogen-bond donors (Lipinski definition) is 2. The summed E-state index contributed by atoms with van der Waals surface area (Å²) >= 11 is 0. The van der Waals surface area contributed by atoms with Crippen molar-refractivity contribution in [2.24, 2.45) is 5.73 Å². The van der Waals surface area contributed by atoms with Gasteiger partial charge in [-0.3, -0.25) is 4.79 Å². The van der Waals surface area contributed by atoms with Crippen molar-refractivity contribution in [1.82, 2.24) is 5.32 Å². The minimum absolute atomic E-state index is 0.181. The van der Waals surface area contributed by atoms with Crippen LogP contribution in [0.3, 0.4) is 0 Å². The van der Waals surface area contributed by atoms with Crippen molar-refractivity contribution in [2.75, 3.05) is 7.11 Å². The van der Waals surface area contributed by atoms with E-state index in [1.165, 1.54) is 13.2 Å². The van der Waals surface area contributed by atoms with Gasteiger partial charge in [-0.15, -0.1) is 0 Å². The van der Waals surface area contributed by atoms with Gasteiger partial charge in [0.2, 0.25) is 5.91 Å². The first-order valence-electron chi connectivity index (χ1n) is 6.38. The maximum Gasteiger partial charge on any atom is 0.237 e. The summed E-state index contributed by atoms with van der Waals surface area (Å²) in [7, 11) is 1.51. The number of rotatable bonds is 7. The number of ether oxygens (including phenoxy) is 1. The second kappa shape index (κ2) is 7.86. The van der Waals surface area contributed by atoms with Crippen molar-refractivity contribution in [1.29, 1.82) is 0 Å². The van der Waals surface area contributed by atoms with E-state index in [-0.39, 0.29) is 18.3 Å². The van der Waals surface area contributed by atoms with Gasteiger partial charge < -0.3 is 15.8 Å². The molecule has 0 aromatic heterocycles. The number of carbonyl (C=O) groups excluding carboxylic acids is 1. The van der Waals surface area contributed by atoms with Crippen LogP contribution in [0.4, 0.5) is 4.39 Å². The normalized spacial score (nSPS) is 12.2. The molecule has 4 nitrogen and oxygen atoms in total. The molecule has 0 aliphatic heterocycles. The van der Waals surface area contributed by atoms with Crippen LogP contribution in [0.2, 0.25) is 0 Å². The number of nitrogens with one attached hydrogen (secondary N) is 1. The fraction of sp³-hybridized carbons (Fsp3) is 0.500. The van der Waals surface area contributed by atoms with E-state index in [1.807, 2.05) is 6.92 Å². The summed E-state index contributed by atoms with van der Waals surface area (Å²) in [6, 6.07) is 4.22. The minimum Gasteiger partial charge on any atom is -0.380 e. The standard InChI is InChI=1S/C14H21FN2O2/c1-3-4-13(16)14(18)17-8-10-5-6-12(15)11(7-10)9-19-2/h5-7,13H,3-4,8-9,16H2,1-2H3,(H,17,18). The van der Waals surface area contributed by atoms with Crippen LogP contribution in [0.25, 0.3) is 0 Å². The number of benzene rings is 1. The Morgan fingerprint density at radius 3 is 2.89 bits per heavy atom. The Morgan fingerprint density at radius 1 is 1.53 bits per heavy atom. The third-order valence-corrected chi connectivity index (χ3v) is 2.81. The van der Waals surface area contributed by atoms with Crippen molar-refractivity contribution < 1.29 is 13.9 Å². The highest BCUT2D eigenvalue weighted by molar-refractivity contribution is 5.81.